The fraction of sp³-hybridized carbons (Fsp3) is 0.833. The summed E-state index contributed by atoms with van der Waals surface area (Å²) in [5.74, 6) is -1.01. The predicted octanol–water partition coefficient (Wildman–Crippen LogP) is 1.64. The standard InChI is InChI=1S/C12H23AsO5/c1-8(2)6-12(7-14,9(15)16)13-10(17)18-11(3,4)5/h8,13-14H,6-7H2,1-5H3,(H,15,16). The van der Waals surface area contributed by atoms with Crippen LogP contribution in [0.15, 0.2) is 0 Å². The zero-order chi connectivity index (χ0) is 14.6. The van der Waals surface area contributed by atoms with Crippen molar-refractivity contribution in [2.45, 2.75) is 50.8 Å². The summed E-state index contributed by atoms with van der Waals surface area (Å²) in [7, 11) is 0. The zero-order valence-corrected chi connectivity index (χ0v) is 13.7. The molecule has 0 heterocycles. The van der Waals surface area contributed by atoms with Crippen LogP contribution in [-0.2, 0) is 9.53 Å². The molecule has 106 valence electrons. The van der Waals surface area contributed by atoms with Crippen LogP contribution < -0.4 is 0 Å². The summed E-state index contributed by atoms with van der Waals surface area (Å²) < 4.78 is 3.37. The summed E-state index contributed by atoms with van der Waals surface area (Å²) in [4.78, 5) is 23.1. The first-order valence-electron chi connectivity index (χ1n) is 5.88. The van der Waals surface area contributed by atoms with E-state index in [4.69, 9.17) is 4.74 Å². The first-order valence-corrected chi connectivity index (χ1v) is 7.97. The van der Waals surface area contributed by atoms with Gasteiger partial charge in [-0.25, -0.2) is 0 Å². The molecule has 2 atom stereocenters. The van der Waals surface area contributed by atoms with Crippen LogP contribution in [0, 0.1) is 5.92 Å². The molecule has 5 nitrogen and oxygen atoms in total. The summed E-state index contributed by atoms with van der Waals surface area (Å²) in [6.07, 6.45) is 0.290. The average Bonchev–Trinajstić information content (AvgIpc) is 2.12. The molecule has 2 N–H and O–H groups in total. The number of ether oxygens (including phenoxy) is 1. The molecule has 0 fully saturated rings. The molecule has 0 saturated heterocycles. The van der Waals surface area contributed by atoms with Gasteiger partial charge in [0.25, 0.3) is 0 Å². The number of carbonyl (C=O) groups is 2. The van der Waals surface area contributed by atoms with Crippen molar-refractivity contribution in [2.24, 2.45) is 5.92 Å². The van der Waals surface area contributed by atoms with E-state index >= 15 is 0 Å². The predicted molar refractivity (Wildman–Crippen MR) is 70.3 cm³/mol. The number of carboxylic acids is 1. The molecule has 6 heteroatoms. The normalized spacial score (nSPS) is 15.9. The van der Waals surface area contributed by atoms with Crippen molar-refractivity contribution in [3.63, 3.8) is 0 Å². The van der Waals surface area contributed by atoms with E-state index in [0.29, 0.717) is 0 Å². The molecule has 0 aliphatic rings. The quantitative estimate of drug-likeness (QED) is 0.726. The Kier molecular flexibility index (Phi) is 6.38. The minimum atomic E-state index is -1.60. The van der Waals surface area contributed by atoms with Crippen molar-refractivity contribution in [1.29, 1.82) is 0 Å². The molecule has 0 amide bonds. The van der Waals surface area contributed by atoms with Crippen LogP contribution in [0.2, 0.25) is 4.20 Å². The Morgan fingerprint density at radius 2 is 1.78 bits per heavy atom. The monoisotopic (exact) mass is 322 g/mol. The molecule has 0 radical (unpaired) electrons. The van der Waals surface area contributed by atoms with Crippen LogP contribution in [-0.4, -0.2) is 48.9 Å². The number of carboxylic acid groups (broad SMARTS) is 1. The number of aliphatic carboxylic acids is 1. The third-order valence-corrected chi connectivity index (χ3v) is 5.03. The van der Waals surface area contributed by atoms with Gasteiger partial charge in [-0.05, 0) is 0 Å². The van der Waals surface area contributed by atoms with Gasteiger partial charge in [-0.1, -0.05) is 0 Å². The van der Waals surface area contributed by atoms with Crippen LogP contribution in [0.3, 0.4) is 0 Å². The first-order chi connectivity index (χ1) is 8.02. The second kappa shape index (κ2) is 6.57. The Bertz CT molecular complexity index is 308. The average molecular weight is 322 g/mol. The van der Waals surface area contributed by atoms with E-state index in [9.17, 15) is 19.8 Å². The molecule has 0 spiro atoms. The van der Waals surface area contributed by atoms with E-state index in [2.05, 4.69) is 0 Å². The van der Waals surface area contributed by atoms with Gasteiger partial charge in [0.2, 0.25) is 0 Å². The topological polar surface area (TPSA) is 83.8 Å². The van der Waals surface area contributed by atoms with Crippen LogP contribution in [0.4, 0.5) is 4.79 Å². The van der Waals surface area contributed by atoms with Gasteiger partial charge in [0.05, 0.1) is 0 Å². The van der Waals surface area contributed by atoms with Crippen LogP contribution in [0.5, 0.6) is 0 Å². The number of aliphatic hydroxyl groups is 1. The molecule has 0 bridgehead atoms. The van der Waals surface area contributed by atoms with Crippen molar-refractivity contribution in [3.05, 3.63) is 0 Å². The van der Waals surface area contributed by atoms with Gasteiger partial charge in [-0.15, -0.1) is 0 Å². The van der Waals surface area contributed by atoms with Crippen molar-refractivity contribution in [2.75, 3.05) is 6.61 Å². The fourth-order valence-corrected chi connectivity index (χ4v) is 4.59. The molecule has 0 aromatic rings. The van der Waals surface area contributed by atoms with Crippen LogP contribution >= 0.6 is 0 Å². The van der Waals surface area contributed by atoms with Gasteiger partial charge >= 0.3 is 114 Å². The summed E-state index contributed by atoms with van der Waals surface area (Å²) in [5, 5.41) is 18.7. The SMILES string of the molecule is CC(C)CC(CO)([AsH]C(=O)OC(C)(C)C)C(=O)O. The number of hydrogen-bond acceptors (Lipinski definition) is 4. The maximum atomic E-state index is 11.8. The Labute approximate surface area is 115 Å². The molecule has 0 rings (SSSR count). The maximum absolute atomic E-state index is 11.8. The Morgan fingerprint density at radius 1 is 1.28 bits per heavy atom. The second-order valence-electron chi connectivity index (χ2n) is 5.77. The number of hydrogen-bond donors (Lipinski definition) is 2. The van der Waals surface area contributed by atoms with Gasteiger partial charge in [0.1, 0.15) is 0 Å². The Morgan fingerprint density at radius 3 is 2.06 bits per heavy atom. The van der Waals surface area contributed by atoms with Gasteiger partial charge < -0.3 is 0 Å². The number of aliphatic hydroxyl groups excluding tert-OH is 1. The minimum absolute atomic E-state index is 0.0967. The number of carbonyl (C=O) groups excluding carboxylic acids is 1. The van der Waals surface area contributed by atoms with Crippen molar-refractivity contribution >= 4 is 26.5 Å². The van der Waals surface area contributed by atoms with Crippen LogP contribution in [0.25, 0.3) is 0 Å². The fourth-order valence-electron chi connectivity index (χ4n) is 1.56. The molecule has 18 heavy (non-hydrogen) atoms. The van der Waals surface area contributed by atoms with Crippen molar-refractivity contribution in [1.82, 2.24) is 0 Å². The molecule has 2 unspecified atom stereocenters. The summed E-state index contributed by atoms with van der Waals surface area (Å²) in [6.45, 7) is 8.44. The molecular weight excluding hydrogens is 299 g/mol. The van der Waals surface area contributed by atoms with Crippen molar-refractivity contribution in [3.8, 4) is 0 Å². The molecular formula is C12H23AsO5. The van der Waals surface area contributed by atoms with Crippen LogP contribution in [0.1, 0.15) is 41.0 Å². The molecule has 0 aromatic carbocycles. The zero-order valence-electron chi connectivity index (χ0n) is 11.6. The second-order valence-corrected chi connectivity index (χ2v) is 9.16. The van der Waals surface area contributed by atoms with E-state index in [1.807, 2.05) is 13.8 Å². The van der Waals surface area contributed by atoms with E-state index in [0.717, 1.165) is 0 Å². The number of rotatable bonds is 6. The molecule has 0 aliphatic carbocycles. The molecule has 0 saturated carbocycles. The molecule has 0 aromatic heterocycles. The van der Waals surface area contributed by atoms with E-state index in [-0.39, 0.29) is 12.3 Å². The van der Waals surface area contributed by atoms with E-state index < -0.39 is 42.9 Å². The molecule has 0 aliphatic heterocycles. The summed E-state index contributed by atoms with van der Waals surface area (Å²) in [5.41, 5.74) is -0.627. The van der Waals surface area contributed by atoms with E-state index in [1.54, 1.807) is 20.8 Å². The Hall–Kier alpha value is -0.542. The van der Waals surface area contributed by atoms with Gasteiger partial charge in [-0.3, -0.25) is 0 Å². The van der Waals surface area contributed by atoms with Gasteiger partial charge in [-0.2, -0.15) is 0 Å². The Balaban J connectivity index is 4.90. The summed E-state index contributed by atoms with van der Waals surface area (Å²) in [6, 6.07) is 0. The third kappa shape index (κ3) is 5.87. The third-order valence-electron chi connectivity index (χ3n) is 2.18. The van der Waals surface area contributed by atoms with Crippen molar-refractivity contribution < 1.29 is 24.5 Å². The summed E-state index contributed by atoms with van der Waals surface area (Å²) >= 11 is -1.60. The van der Waals surface area contributed by atoms with Gasteiger partial charge in [0, 0.05) is 0 Å². The van der Waals surface area contributed by atoms with Gasteiger partial charge in [0.15, 0.2) is 0 Å². The first kappa shape index (κ1) is 17.5. The van der Waals surface area contributed by atoms with E-state index in [1.165, 1.54) is 0 Å².